The topological polar surface area (TPSA) is 79.0 Å². The Bertz CT molecular complexity index is 968. The molecule has 8 heteroatoms. The van der Waals surface area contributed by atoms with Crippen LogP contribution in [-0.4, -0.2) is 64.2 Å². The third kappa shape index (κ3) is 6.83. The summed E-state index contributed by atoms with van der Waals surface area (Å²) >= 11 is 0. The van der Waals surface area contributed by atoms with E-state index in [1.54, 1.807) is 17.5 Å². The van der Waals surface area contributed by atoms with Crippen LogP contribution in [0.5, 0.6) is 5.75 Å². The van der Waals surface area contributed by atoms with E-state index in [0.29, 0.717) is 39.1 Å². The first kappa shape index (κ1) is 22.8. The number of carbonyl (C=O) groups is 1. The summed E-state index contributed by atoms with van der Waals surface area (Å²) in [6.07, 6.45) is 3.57. The normalized spacial score (nSPS) is 15.2. The van der Waals surface area contributed by atoms with Crippen LogP contribution in [0.1, 0.15) is 12.0 Å². The first-order chi connectivity index (χ1) is 15.0. The van der Waals surface area contributed by atoms with Gasteiger partial charge < -0.3 is 15.0 Å². The van der Waals surface area contributed by atoms with E-state index in [9.17, 15) is 13.2 Å². The molecule has 0 unspecified atom stereocenters. The Morgan fingerprint density at radius 3 is 2.35 bits per heavy atom. The molecule has 0 radical (unpaired) electrons. The molecule has 2 aromatic carbocycles. The SMILES string of the molecule is COc1ccc(N2CCN(S(=O)(=O)CCCNC(=O)C=Cc3ccccc3)CC2)cc1. The van der Waals surface area contributed by atoms with Crippen molar-refractivity contribution in [3.63, 3.8) is 0 Å². The lowest BCUT2D eigenvalue weighted by Gasteiger charge is -2.35. The number of ether oxygens (including phenoxy) is 1. The Hall–Kier alpha value is -2.84. The first-order valence-electron chi connectivity index (χ1n) is 10.4. The molecule has 3 rings (SSSR count). The number of nitrogens with zero attached hydrogens (tertiary/aromatic N) is 2. The van der Waals surface area contributed by atoms with Gasteiger partial charge in [-0.3, -0.25) is 4.79 Å². The molecule has 0 aliphatic carbocycles. The number of methoxy groups -OCH3 is 1. The van der Waals surface area contributed by atoms with E-state index in [-0.39, 0.29) is 11.7 Å². The van der Waals surface area contributed by atoms with Gasteiger partial charge in [0.25, 0.3) is 0 Å². The van der Waals surface area contributed by atoms with Gasteiger partial charge in [-0.1, -0.05) is 30.3 Å². The minimum Gasteiger partial charge on any atom is -0.497 e. The molecule has 0 aromatic heterocycles. The molecule has 1 fully saturated rings. The smallest absolute Gasteiger partial charge is 0.243 e. The second-order valence-electron chi connectivity index (χ2n) is 7.29. The quantitative estimate of drug-likeness (QED) is 0.476. The van der Waals surface area contributed by atoms with Gasteiger partial charge in [-0.05, 0) is 42.3 Å². The second-order valence-corrected chi connectivity index (χ2v) is 9.38. The molecular formula is C23H29N3O4S. The van der Waals surface area contributed by atoms with Crippen molar-refractivity contribution < 1.29 is 17.9 Å². The molecule has 1 aliphatic rings. The number of piperazine rings is 1. The molecule has 166 valence electrons. The number of hydrogen-bond donors (Lipinski definition) is 1. The van der Waals surface area contributed by atoms with Crippen molar-refractivity contribution in [2.24, 2.45) is 0 Å². The summed E-state index contributed by atoms with van der Waals surface area (Å²) in [6, 6.07) is 17.3. The lowest BCUT2D eigenvalue weighted by Crippen LogP contribution is -2.49. The molecule has 2 aromatic rings. The van der Waals surface area contributed by atoms with E-state index < -0.39 is 10.0 Å². The van der Waals surface area contributed by atoms with Gasteiger partial charge in [0.2, 0.25) is 15.9 Å². The van der Waals surface area contributed by atoms with E-state index in [4.69, 9.17) is 4.74 Å². The molecule has 1 amide bonds. The maximum absolute atomic E-state index is 12.6. The zero-order chi connectivity index (χ0) is 22.1. The van der Waals surface area contributed by atoms with Gasteiger partial charge in [0, 0.05) is 44.5 Å². The monoisotopic (exact) mass is 443 g/mol. The minimum atomic E-state index is -3.34. The summed E-state index contributed by atoms with van der Waals surface area (Å²) in [5.74, 6) is 0.597. The van der Waals surface area contributed by atoms with Crippen molar-refractivity contribution in [2.45, 2.75) is 6.42 Å². The molecule has 1 N–H and O–H groups in total. The average Bonchev–Trinajstić information content (AvgIpc) is 2.81. The maximum Gasteiger partial charge on any atom is 0.243 e. The Morgan fingerprint density at radius 1 is 1.03 bits per heavy atom. The number of rotatable bonds is 9. The van der Waals surface area contributed by atoms with Crippen LogP contribution >= 0.6 is 0 Å². The lowest BCUT2D eigenvalue weighted by atomic mass is 10.2. The van der Waals surface area contributed by atoms with Crippen molar-refractivity contribution in [1.82, 2.24) is 9.62 Å². The van der Waals surface area contributed by atoms with Crippen LogP contribution in [0.2, 0.25) is 0 Å². The van der Waals surface area contributed by atoms with E-state index in [0.717, 1.165) is 17.0 Å². The van der Waals surface area contributed by atoms with Crippen molar-refractivity contribution in [1.29, 1.82) is 0 Å². The van der Waals surface area contributed by atoms with Crippen molar-refractivity contribution in [3.05, 3.63) is 66.2 Å². The van der Waals surface area contributed by atoms with Gasteiger partial charge in [-0.25, -0.2) is 8.42 Å². The number of anilines is 1. The standard InChI is InChI=1S/C23H29N3O4S/c1-30-22-11-9-21(10-12-22)25-15-17-26(18-16-25)31(28,29)19-5-14-24-23(27)13-8-20-6-3-2-4-7-20/h2-4,6-13H,5,14-19H2,1H3,(H,24,27). The summed E-state index contributed by atoms with van der Waals surface area (Å²) in [7, 11) is -1.71. The highest BCUT2D eigenvalue weighted by Crippen LogP contribution is 2.21. The van der Waals surface area contributed by atoms with Gasteiger partial charge in [-0.2, -0.15) is 4.31 Å². The zero-order valence-electron chi connectivity index (χ0n) is 17.7. The summed E-state index contributed by atoms with van der Waals surface area (Å²) in [6.45, 7) is 2.53. The number of hydrogen-bond acceptors (Lipinski definition) is 5. The third-order valence-corrected chi connectivity index (χ3v) is 7.13. The van der Waals surface area contributed by atoms with Crippen LogP contribution in [-0.2, 0) is 14.8 Å². The van der Waals surface area contributed by atoms with Crippen LogP contribution in [0.4, 0.5) is 5.69 Å². The molecule has 1 saturated heterocycles. The Morgan fingerprint density at radius 2 is 1.71 bits per heavy atom. The van der Waals surface area contributed by atoms with E-state index in [2.05, 4.69) is 10.2 Å². The van der Waals surface area contributed by atoms with Crippen molar-refractivity contribution in [3.8, 4) is 5.75 Å². The van der Waals surface area contributed by atoms with Gasteiger partial charge in [0.15, 0.2) is 0 Å². The molecule has 0 saturated carbocycles. The van der Waals surface area contributed by atoms with Crippen LogP contribution in [0.25, 0.3) is 6.08 Å². The number of carbonyl (C=O) groups excluding carboxylic acids is 1. The van der Waals surface area contributed by atoms with Crippen LogP contribution in [0.15, 0.2) is 60.7 Å². The molecule has 0 atom stereocenters. The van der Waals surface area contributed by atoms with Crippen LogP contribution in [0, 0.1) is 0 Å². The van der Waals surface area contributed by atoms with E-state index >= 15 is 0 Å². The minimum absolute atomic E-state index is 0.0260. The maximum atomic E-state index is 12.6. The largest absolute Gasteiger partial charge is 0.497 e. The van der Waals surface area contributed by atoms with E-state index in [1.807, 2.05) is 54.6 Å². The predicted molar refractivity (Wildman–Crippen MR) is 124 cm³/mol. The molecule has 1 aliphatic heterocycles. The molecular weight excluding hydrogens is 414 g/mol. The summed E-state index contributed by atoms with van der Waals surface area (Å²) in [5, 5.41) is 2.74. The first-order valence-corrected chi connectivity index (χ1v) is 12.0. The fraction of sp³-hybridized carbons (Fsp3) is 0.348. The second kappa shape index (κ2) is 11.0. The highest BCUT2D eigenvalue weighted by Gasteiger charge is 2.26. The van der Waals surface area contributed by atoms with Gasteiger partial charge in [0.05, 0.1) is 12.9 Å². The van der Waals surface area contributed by atoms with Gasteiger partial charge in [-0.15, -0.1) is 0 Å². The van der Waals surface area contributed by atoms with E-state index in [1.165, 1.54) is 6.08 Å². The molecule has 7 nitrogen and oxygen atoms in total. The highest BCUT2D eigenvalue weighted by atomic mass is 32.2. The number of benzene rings is 2. The van der Waals surface area contributed by atoms with Crippen molar-refractivity contribution in [2.75, 3.05) is 50.5 Å². The zero-order valence-corrected chi connectivity index (χ0v) is 18.6. The van der Waals surface area contributed by atoms with Gasteiger partial charge >= 0.3 is 0 Å². The van der Waals surface area contributed by atoms with Crippen LogP contribution in [0.3, 0.4) is 0 Å². The van der Waals surface area contributed by atoms with Crippen LogP contribution < -0.4 is 15.0 Å². The fourth-order valence-corrected chi connectivity index (χ4v) is 4.89. The summed E-state index contributed by atoms with van der Waals surface area (Å²) in [5.41, 5.74) is 2.00. The predicted octanol–water partition coefficient (Wildman–Crippen LogP) is 2.37. The number of amides is 1. The van der Waals surface area contributed by atoms with Crippen molar-refractivity contribution >= 4 is 27.7 Å². The average molecular weight is 444 g/mol. The molecule has 31 heavy (non-hydrogen) atoms. The Kier molecular flexibility index (Phi) is 8.08. The molecule has 0 spiro atoms. The number of sulfonamides is 1. The number of nitrogens with one attached hydrogen (secondary N) is 1. The highest BCUT2D eigenvalue weighted by molar-refractivity contribution is 7.89. The molecule has 0 bridgehead atoms. The van der Waals surface area contributed by atoms with Gasteiger partial charge in [0.1, 0.15) is 5.75 Å². The lowest BCUT2D eigenvalue weighted by molar-refractivity contribution is -0.116. The third-order valence-electron chi connectivity index (χ3n) is 5.17. The summed E-state index contributed by atoms with van der Waals surface area (Å²) < 4.78 is 32.0. The molecule has 1 heterocycles. The fourth-order valence-electron chi connectivity index (χ4n) is 3.41. The Labute approximate surface area is 184 Å². The Balaban J connectivity index is 1.39. The summed E-state index contributed by atoms with van der Waals surface area (Å²) in [4.78, 5) is 14.1.